The summed E-state index contributed by atoms with van der Waals surface area (Å²) in [6.45, 7) is 11.7. The molecule has 1 rings (SSSR count). The lowest BCUT2D eigenvalue weighted by molar-refractivity contribution is -0.128. The molecule has 1 unspecified atom stereocenters. The summed E-state index contributed by atoms with van der Waals surface area (Å²) in [5.74, 6) is 0.630. The van der Waals surface area contributed by atoms with Crippen molar-refractivity contribution in [2.24, 2.45) is 0 Å². The minimum atomic E-state index is -0.504. The van der Waals surface area contributed by atoms with E-state index in [1.807, 2.05) is 38.1 Å². The Labute approximate surface area is 128 Å². The van der Waals surface area contributed by atoms with Gasteiger partial charge in [0.15, 0.2) is 6.10 Å². The van der Waals surface area contributed by atoms with Gasteiger partial charge in [-0.05, 0) is 51.4 Å². The molecule has 118 valence electrons. The zero-order chi connectivity index (χ0) is 15.9. The van der Waals surface area contributed by atoms with Gasteiger partial charge in [-0.3, -0.25) is 4.79 Å². The molecule has 1 aromatic carbocycles. The van der Waals surface area contributed by atoms with E-state index in [0.717, 1.165) is 19.5 Å². The fourth-order valence-electron chi connectivity index (χ4n) is 1.74. The first-order valence-electron chi connectivity index (χ1n) is 7.66. The third kappa shape index (κ3) is 6.17. The van der Waals surface area contributed by atoms with Crippen molar-refractivity contribution >= 4 is 5.91 Å². The van der Waals surface area contributed by atoms with Gasteiger partial charge in [-0.25, -0.2) is 0 Å². The first kappa shape index (κ1) is 17.5. The third-order valence-electron chi connectivity index (χ3n) is 3.53. The van der Waals surface area contributed by atoms with Gasteiger partial charge in [0.05, 0.1) is 0 Å². The number of amides is 1. The van der Waals surface area contributed by atoms with E-state index in [2.05, 4.69) is 24.5 Å². The van der Waals surface area contributed by atoms with E-state index < -0.39 is 6.10 Å². The lowest BCUT2D eigenvalue weighted by Crippen LogP contribution is -2.48. The summed E-state index contributed by atoms with van der Waals surface area (Å²) in [6.07, 6.45) is 0.375. The zero-order valence-electron chi connectivity index (χ0n) is 13.8. The number of benzene rings is 1. The van der Waals surface area contributed by atoms with Gasteiger partial charge in [-0.1, -0.05) is 26.0 Å². The number of nitrogens with one attached hydrogen (secondary N) is 2. The molecule has 21 heavy (non-hydrogen) atoms. The smallest absolute Gasteiger partial charge is 0.261 e. The minimum absolute atomic E-state index is 0.0847. The van der Waals surface area contributed by atoms with Gasteiger partial charge < -0.3 is 15.4 Å². The first-order valence-corrected chi connectivity index (χ1v) is 7.66. The van der Waals surface area contributed by atoms with Crippen molar-refractivity contribution < 1.29 is 9.53 Å². The second-order valence-corrected chi connectivity index (χ2v) is 5.91. The SMILES string of the molecule is CCNCc1ccc(OC(C)C(=O)NC(C)(C)CC)cc1. The van der Waals surface area contributed by atoms with E-state index in [9.17, 15) is 4.79 Å². The zero-order valence-corrected chi connectivity index (χ0v) is 13.8. The van der Waals surface area contributed by atoms with Crippen LogP contribution >= 0.6 is 0 Å². The van der Waals surface area contributed by atoms with Crippen LogP contribution in [0.2, 0.25) is 0 Å². The fourth-order valence-corrected chi connectivity index (χ4v) is 1.74. The molecule has 0 aliphatic rings. The second-order valence-electron chi connectivity index (χ2n) is 5.91. The molecule has 4 heteroatoms. The third-order valence-corrected chi connectivity index (χ3v) is 3.53. The van der Waals surface area contributed by atoms with Crippen molar-refractivity contribution in [2.75, 3.05) is 6.54 Å². The number of hydrogen-bond acceptors (Lipinski definition) is 3. The molecule has 1 atom stereocenters. The predicted molar refractivity (Wildman–Crippen MR) is 86.4 cm³/mol. The molecule has 2 N–H and O–H groups in total. The maximum atomic E-state index is 12.1. The lowest BCUT2D eigenvalue weighted by atomic mass is 10.0. The Morgan fingerprint density at radius 3 is 2.38 bits per heavy atom. The summed E-state index contributed by atoms with van der Waals surface area (Å²) >= 11 is 0. The molecule has 4 nitrogen and oxygen atoms in total. The number of carbonyl (C=O) groups excluding carboxylic acids is 1. The molecular formula is C17H28N2O2. The fraction of sp³-hybridized carbons (Fsp3) is 0.588. The summed E-state index contributed by atoms with van der Waals surface area (Å²) < 4.78 is 5.69. The highest BCUT2D eigenvalue weighted by molar-refractivity contribution is 5.81. The molecule has 0 aromatic heterocycles. The first-order chi connectivity index (χ1) is 9.88. The molecule has 1 aromatic rings. The molecule has 1 amide bonds. The van der Waals surface area contributed by atoms with Crippen LogP contribution in [0.4, 0.5) is 0 Å². The average Bonchev–Trinajstić information content (AvgIpc) is 2.46. The van der Waals surface area contributed by atoms with Crippen LogP contribution in [0.25, 0.3) is 0 Å². The summed E-state index contributed by atoms with van der Waals surface area (Å²) in [6, 6.07) is 7.83. The van der Waals surface area contributed by atoms with Crippen LogP contribution in [0.3, 0.4) is 0 Å². The van der Waals surface area contributed by atoms with Gasteiger partial charge in [-0.2, -0.15) is 0 Å². The Morgan fingerprint density at radius 1 is 1.24 bits per heavy atom. The summed E-state index contributed by atoms with van der Waals surface area (Å²) in [5, 5.41) is 6.26. The Bertz CT molecular complexity index is 441. The van der Waals surface area contributed by atoms with Crippen LogP contribution in [0.1, 0.15) is 46.6 Å². The van der Waals surface area contributed by atoms with Gasteiger partial charge in [0.1, 0.15) is 5.75 Å². The van der Waals surface area contributed by atoms with Crippen LogP contribution in [0, 0.1) is 0 Å². The van der Waals surface area contributed by atoms with Gasteiger partial charge in [0, 0.05) is 12.1 Å². The van der Waals surface area contributed by atoms with Crippen molar-refractivity contribution in [2.45, 2.75) is 59.2 Å². The average molecular weight is 292 g/mol. The monoisotopic (exact) mass is 292 g/mol. The summed E-state index contributed by atoms with van der Waals surface area (Å²) in [7, 11) is 0. The van der Waals surface area contributed by atoms with Crippen LogP contribution in [0.5, 0.6) is 5.75 Å². The molecule has 0 radical (unpaired) electrons. The quantitative estimate of drug-likeness (QED) is 0.774. The van der Waals surface area contributed by atoms with Crippen LogP contribution in [-0.4, -0.2) is 24.1 Å². The van der Waals surface area contributed by atoms with E-state index >= 15 is 0 Å². The van der Waals surface area contributed by atoms with Crippen LogP contribution in [-0.2, 0) is 11.3 Å². The van der Waals surface area contributed by atoms with E-state index in [-0.39, 0.29) is 11.4 Å². The van der Waals surface area contributed by atoms with Crippen LogP contribution < -0.4 is 15.4 Å². The van der Waals surface area contributed by atoms with Crippen molar-refractivity contribution in [1.82, 2.24) is 10.6 Å². The van der Waals surface area contributed by atoms with Crippen molar-refractivity contribution in [3.63, 3.8) is 0 Å². The number of carbonyl (C=O) groups is 1. The number of ether oxygens (including phenoxy) is 1. The van der Waals surface area contributed by atoms with Gasteiger partial charge in [0.25, 0.3) is 5.91 Å². The largest absolute Gasteiger partial charge is 0.481 e. The highest BCUT2D eigenvalue weighted by atomic mass is 16.5. The summed E-state index contributed by atoms with van der Waals surface area (Å²) in [5.41, 5.74) is 0.998. The molecule has 0 saturated heterocycles. The molecule has 0 fully saturated rings. The van der Waals surface area contributed by atoms with E-state index in [1.54, 1.807) is 6.92 Å². The van der Waals surface area contributed by atoms with Crippen molar-refractivity contribution in [1.29, 1.82) is 0 Å². The van der Waals surface area contributed by atoms with E-state index in [0.29, 0.717) is 5.75 Å². The summed E-state index contributed by atoms with van der Waals surface area (Å²) in [4.78, 5) is 12.1. The standard InChI is InChI=1S/C17H28N2O2/c1-6-17(4,5)19-16(20)13(3)21-15-10-8-14(9-11-15)12-18-7-2/h8-11,13,18H,6-7,12H2,1-5H3,(H,19,20). The Kier molecular flexibility index (Phi) is 6.69. The molecule has 0 bridgehead atoms. The Morgan fingerprint density at radius 2 is 1.86 bits per heavy atom. The molecule has 0 aliphatic carbocycles. The maximum Gasteiger partial charge on any atom is 0.261 e. The van der Waals surface area contributed by atoms with E-state index in [1.165, 1.54) is 5.56 Å². The maximum absolute atomic E-state index is 12.1. The Hall–Kier alpha value is -1.55. The molecular weight excluding hydrogens is 264 g/mol. The molecule has 0 saturated carbocycles. The molecule has 0 spiro atoms. The van der Waals surface area contributed by atoms with Gasteiger partial charge >= 0.3 is 0 Å². The normalized spacial score (nSPS) is 12.8. The minimum Gasteiger partial charge on any atom is -0.481 e. The van der Waals surface area contributed by atoms with E-state index in [4.69, 9.17) is 4.74 Å². The lowest BCUT2D eigenvalue weighted by Gasteiger charge is -2.26. The van der Waals surface area contributed by atoms with Crippen molar-refractivity contribution in [3.05, 3.63) is 29.8 Å². The second kappa shape index (κ2) is 8.03. The predicted octanol–water partition coefficient (Wildman–Crippen LogP) is 2.87. The van der Waals surface area contributed by atoms with Crippen LogP contribution in [0.15, 0.2) is 24.3 Å². The number of hydrogen-bond donors (Lipinski definition) is 2. The molecule has 0 aliphatic heterocycles. The highest BCUT2D eigenvalue weighted by Gasteiger charge is 2.22. The topological polar surface area (TPSA) is 50.4 Å². The Balaban J connectivity index is 2.54. The number of rotatable bonds is 8. The van der Waals surface area contributed by atoms with Gasteiger partial charge in [0.2, 0.25) is 0 Å². The van der Waals surface area contributed by atoms with Crippen molar-refractivity contribution in [3.8, 4) is 5.75 Å². The highest BCUT2D eigenvalue weighted by Crippen LogP contribution is 2.15. The van der Waals surface area contributed by atoms with Gasteiger partial charge in [-0.15, -0.1) is 0 Å². The molecule has 0 heterocycles.